The fourth-order valence-corrected chi connectivity index (χ4v) is 4.10. The van der Waals surface area contributed by atoms with Crippen molar-refractivity contribution in [3.63, 3.8) is 0 Å². The molecule has 3 atom stereocenters. The van der Waals surface area contributed by atoms with Crippen LogP contribution in [0.25, 0.3) is 0 Å². The van der Waals surface area contributed by atoms with E-state index >= 15 is 0 Å². The molecular formula is C17H18O6. The maximum absolute atomic E-state index is 12.5. The van der Waals surface area contributed by atoms with Crippen molar-refractivity contribution >= 4 is 17.9 Å². The summed E-state index contributed by atoms with van der Waals surface area (Å²) in [7, 11) is 2.40. The van der Waals surface area contributed by atoms with Crippen molar-refractivity contribution in [2.24, 2.45) is 11.3 Å². The Morgan fingerprint density at radius 3 is 2.17 bits per heavy atom. The van der Waals surface area contributed by atoms with Crippen LogP contribution in [0.4, 0.5) is 0 Å². The first-order valence-corrected chi connectivity index (χ1v) is 7.36. The van der Waals surface area contributed by atoms with Crippen molar-refractivity contribution in [1.29, 1.82) is 0 Å². The molecule has 1 saturated heterocycles. The topological polar surface area (TPSA) is 78.9 Å². The Hall–Kier alpha value is -2.37. The summed E-state index contributed by atoms with van der Waals surface area (Å²) in [5, 5.41) is 0. The van der Waals surface area contributed by atoms with Crippen LogP contribution in [0.2, 0.25) is 0 Å². The van der Waals surface area contributed by atoms with E-state index in [1.165, 1.54) is 14.2 Å². The molecule has 6 nitrogen and oxygen atoms in total. The van der Waals surface area contributed by atoms with Crippen LogP contribution in [-0.4, -0.2) is 37.7 Å². The molecule has 0 radical (unpaired) electrons. The predicted molar refractivity (Wildman–Crippen MR) is 78.3 cm³/mol. The molecule has 1 aliphatic heterocycles. The summed E-state index contributed by atoms with van der Waals surface area (Å²) in [6.07, 6.45) is 0.114. The predicted octanol–water partition coefficient (Wildman–Crippen LogP) is 1.44. The molecule has 0 N–H and O–H groups in total. The average molecular weight is 318 g/mol. The van der Waals surface area contributed by atoms with E-state index in [1.807, 2.05) is 30.3 Å². The van der Waals surface area contributed by atoms with Crippen molar-refractivity contribution in [2.75, 3.05) is 14.2 Å². The number of esters is 3. The van der Waals surface area contributed by atoms with Crippen molar-refractivity contribution in [2.45, 2.75) is 24.9 Å². The SMILES string of the molecule is COC(=O)C1(C(=O)OC)C[C@H](c2ccccc2)[C@]2(C)OC(=O)[C@H]12. The molecule has 6 heteroatoms. The van der Waals surface area contributed by atoms with Crippen LogP contribution < -0.4 is 0 Å². The van der Waals surface area contributed by atoms with Gasteiger partial charge in [0.15, 0.2) is 5.41 Å². The summed E-state index contributed by atoms with van der Waals surface area (Å²) >= 11 is 0. The van der Waals surface area contributed by atoms with Gasteiger partial charge in [-0.3, -0.25) is 14.4 Å². The molecule has 0 bridgehead atoms. The summed E-state index contributed by atoms with van der Waals surface area (Å²) in [4.78, 5) is 37.0. The number of rotatable bonds is 3. The van der Waals surface area contributed by atoms with Crippen LogP contribution in [0, 0.1) is 11.3 Å². The highest BCUT2D eigenvalue weighted by Gasteiger charge is 2.78. The number of hydrogen-bond donors (Lipinski definition) is 0. The molecule has 1 saturated carbocycles. The number of carbonyl (C=O) groups excluding carboxylic acids is 3. The van der Waals surface area contributed by atoms with Crippen LogP contribution in [0.3, 0.4) is 0 Å². The number of methoxy groups -OCH3 is 2. The zero-order valence-corrected chi connectivity index (χ0v) is 13.2. The Labute approximate surface area is 133 Å². The molecule has 1 heterocycles. The standard InChI is InChI=1S/C17H18O6/c1-16-11(10-7-5-4-6-8-10)9-17(14(19)21-2,15(20)22-3)12(16)13(18)23-16/h4-8,11-12H,9H2,1-3H3/t11-,12+,16+/m1/s1. The van der Waals surface area contributed by atoms with E-state index in [-0.39, 0.29) is 12.3 Å². The van der Waals surface area contributed by atoms with Gasteiger partial charge in [-0.05, 0) is 18.9 Å². The Balaban J connectivity index is 2.14. The van der Waals surface area contributed by atoms with Gasteiger partial charge in [0.25, 0.3) is 0 Å². The van der Waals surface area contributed by atoms with Crippen LogP contribution in [0.5, 0.6) is 0 Å². The molecule has 0 unspecified atom stereocenters. The third kappa shape index (κ3) is 1.84. The first-order valence-electron chi connectivity index (χ1n) is 7.36. The van der Waals surface area contributed by atoms with E-state index < -0.39 is 34.8 Å². The van der Waals surface area contributed by atoms with Crippen LogP contribution in [0.15, 0.2) is 30.3 Å². The number of ether oxygens (including phenoxy) is 3. The van der Waals surface area contributed by atoms with E-state index in [0.29, 0.717) is 0 Å². The minimum absolute atomic E-state index is 0.114. The molecule has 2 fully saturated rings. The number of carbonyl (C=O) groups is 3. The molecule has 122 valence electrons. The summed E-state index contributed by atoms with van der Waals surface area (Å²) in [6, 6.07) is 9.39. The van der Waals surface area contributed by atoms with Crippen LogP contribution in [0.1, 0.15) is 24.8 Å². The maximum atomic E-state index is 12.5. The molecule has 3 rings (SSSR count). The Morgan fingerprint density at radius 1 is 1.13 bits per heavy atom. The summed E-state index contributed by atoms with van der Waals surface area (Å²) in [5.74, 6) is -3.27. The van der Waals surface area contributed by atoms with Gasteiger partial charge >= 0.3 is 17.9 Å². The van der Waals surface area contributed by atoms with E-state index in [1.54, 1.807) is 6.92 Å². The van der Waals surface area contributed by atoms with Crippen LogP contribution >= 0.6 is 0 Å². The summed E-state index contributed by atoms with van der Waals surface area (Å²) in [6.45, 7) is 1.75. The van der Waals surface area contributed by atoms with Gasteiger partial charge in [0.05, 0.1) is 14.2 Å². The highest BCUT2D eigenvalue weighted by atomic mass is 16.6. The van der Waals surface area contributed by atoms with Crippen molar-refractivity contribution in [3.05, 3.63) is 35.9 Å². The molecular weight excluding hydrogens is 300 g/mol. The molecule has 1 aliphatic carbocycles. The van der Waals surface area contributed by atoms with Crippen LogP contribution in [-0.2, 0) is 28.6 Å². The first-order chi connectivity index (χ1) is 10.9. The molecule has 2 aliphatic rings. The van der Waals surface area contributed by atoms with E-state index in [4.69, 9.17) is 14.2 Å². The van der Waals surface area contributed by atoms with E-state index in [2.05, 4.69) is 0 Å². The first kappa shape index (κ1) is 15.5. The van der Waals surface area contributed by atoms with Gasteiger partial charge in [-0.25, -0.2) is 0 Å². The van der Waals surface area contributed by atoms with Gasteiger partial charge < -0.3 is 14.2 Å². The lowest BCUT2D eigenvalue weighted by Gasteiger charge is -2.46. The van der Waals surface area contributed by atoms with E-state index in [9.17, 15) is 14.4 Å². The molecule has 1 aromatic carbocycles. The lowest BCUT2D eigenvalue weighted by molar-refractivity contribution is -0.221. The zero-order chi connectivity index (χ0) is 16.8. The van der Waals surface area contributed by atoms with Gasteiger partial charge in [0, 0.05) is 5.92 Å². The van der Waals surface area contributed by atoms with Gasteiger partial charge in [-0.15, -0.1) is 0 Å². The van der Waals surface area contributed by atoms with Crippen molar-refractivity contribution in [1.82, 2.24) is 0 Å². The van der Waals surface area contributed by atoms with E-state index in [0.717, 1.165) is 5.56 Å². The highest BCUT2D eigenvalue weighted by Crippen LogP contribution is 2.64. The quantitative estimate of drug-likeness (QED) is 0.477. The fourth-order valence-electron chi connectivity index (χ4n) is 4.10. The molecule has 0 aromatic heterocycles. The molecule has 23 heavy (non-hydrogen) atoms. The van der Waals surface area contributed by atoms with Gasteiger partial charge in [0.2, 0.25) is 0 Å². The second-order valence-corrected chi connectivity index (χ2v) is 6.16. The van der Waals surface area contributed by atoms with Crippen molar-refractivity contribution < 1.29 is 28.6 Å². The lowest BCUT2D eigenvalue weighted by atomic mass is 9.70. The highest BCUT2D eigenvalue weighted by molar-refractivity contribution is 6.07. The fraction of sp³-hybridized carbons (Fsp3) is 0.471. The second kappa shape index (κ2) is 5.08. The largest absolute Gasteiger partial charge is 0.468 e. The van der Waals surface area contributed by atoms with Gasteiger partial charge in [-0.2, -0.15) is 0 Å². The molecule has 0 amide bonds. The average Bonchev–Trinajstić information content (AvgIpc) is 2.79. The minimum Gasteiger partial charge on any atom is -0.468 e. The minimum atomic E-state index is -1.66. The third-order valence-electron chi connectivity index (χ3n) is 5.14. The summed E-state index contributed by atoms with van der Waals surface area (Å²) in [5.41, 5.74) is -1.68. The third-order valence-corrected chi connectivity index (χ3v) is 5.14. The van der Waals surface area contributed by atoms with Gasteiger partial charge in [-0.1, -0.05) is 30.3 Å². The number of hydrogen-bond acceptors (Lipinski definition) is 6. The number of fused-ring (bicyclic) bond motifs is 1. The smallest absolute Gasteiger partial charge is 0.324 e. The maximum Gasteiger partial charge on any atom is 0.324 e. The lowest BCUT2D eigenvalue weighted by Crippen LogP contribution is -2.62. The zero-order valence-electron chi connectivity index (χ0n) is 13.2. The second-order valence-electron chi connectivity index (χ2n) is 6.16. The Morgan fingerprint density at radius 2 is 1.70 bits per heavy atom. The Bertz CT molecular complexity index is 651. The molecule has 0 spiro atoms. The van der Waals surface area contributed by atoms with Crippen molar-refractivity contribution in [3.8, 4) is 0 Å². The normalized spacial score (nSPS) is 30.7. The Kier molecular flexibility index (Phi) is 3.43. The monoisotopic (exact) mass is 318 g/mol. The number of benzene rings is 1. The molecule has 1 aromatic rings. The van der Waals surface area contributed by atoms with Gasteiger partial charge in [0.1, 0.15) is 11.5 Å². The summed E-state index contributed by atoms with van der Waals surface area (Å²) < 4.78 is 15.1.